The van der Waals surface area contributed by atoms with Crippen LogP contribution >= 0.6 is 22.7 Å². The second kappa shape index (κ2) is 8.51. The van der Waals surface area contributed by atoms with Crippen LogP contribution in [0.3, 0.4) is 0 Å². The molecule has 0 fully saturated rings. The fourth-order valence-electron chi connectivity index (χ4n) is 7.14. The molecular weight excluding hydrogens is 545 g/mol. The van der Waals surface area contributed by atoms with Crippen molar-refractivity contribution in [3.8, 4) is 0 Å². The number of allylic oxidation sites excluding steroid dienone is 5. The third-order valence-corrected chi connectivity index (χ3v) is 11.6. The summed E-state index contributed by atoms with van der Waals surface area (Å²) in [5.41, 5.74) is 5.57. The van der Waals surface area contributed by atoms with Crippen molar-refractivity contribution in [2.24, 2.45) is 5.92 Å². The van der Waals surface area contributed by atoms with Gasteiger partial charge in [-0.25, -0.2) is 0 Å². The first-order chi connectivity index (χ1) is 20.7. The molecule has 2 heterocycles. The molecule has 42 heavy (non-hydrogen) atoms. The van der Waals surface area contributed by atoms with E-state index in [0.717, 1.165) is 6.42 Å². The van der Waals surface area contributed by atoms with E-state index in [2.05, 4.69) is 127 Å². The van der Waals surface area contributed by atoms with Crippen LogP contribution in [0.25, 0.3) is 74.2 Å². The Kier molecular flexibility index (Phi) is 4.68. The Morgan fingerprint density at radius 2 is 1.12 bits per heavy atom. The second-order valence-corrected chi connectivity index (χ2v) is 13.9. The van der Waals surface area contributed by atoms with Gasteiger partial charge in [0.05, 0.1) is 0 Å². The van der Waals surface area contributed by atoms with E-state index in [4.69, 9.17) is 0 Å². The van der Waals surface area contributed by atoms with Gasteiger partial charge in [-0.3, -0.25) is 0 Å². The molecule has 2 aromatic heterocycles. The summed E-state index contributed by atoms with van der Waals surface area (Å²) in [4.78, 5) is 1.43. The first kappa shape index (κ1) is 23.1. The van der Waals surface area contributed by atoms with Crippen LogP contribution in [0.5, 0.6) is 0 Å². The molecule has 2 aliphatic carbocycles. The minimum atomic E-state index is 0.411. The van der Waals surface area contributed by atoms with Gasteiger partial charge in [-0.05, 0) is 115 Å². The molecule has 0 bridgehead atoms. The Morgan fingerprint density at radius 1 is 0.524 bits per heavy atom. The van der Waals surface area contributed by atoms with Crippen LogP contribution in [0.4, 0.5) is 0 Å². The first-order valence-corrected chi connectivity index (χ1v) is 16.2. The summed E-state index contributed by atoms with van der Waals surface area (Å²) < 4.78 is 4.13. The van der Waals surface area contributed by atoms with Crippen molar-refractivity contribution in [3.05, 3.63) is 143 Å². The fourth-order valence-corrected chi connectivity index (χ4v) is 9.53. The molecule has 0 N–H and O–H groups in total. The van der Waals surface area contributed by atoms with Gasteiger partial charge in [-0.2, -0.15) is 0 Å². The fraction of sp³-hybridized carbons (Fsp3) is 0.0500. The number of thiophene rings is 2. The van der Waals surface area contributed by atoms with Crippen molar-refractivity contribution in [1.82, 2.24) is 0 Å². The standard InChI is InChI=1S/C40H24S2/c1-3-7-25-19-37-33(15-23(25)5-1)35-17-31-13-27(9-11-29(31)21-39(35)41-37)28-10-12-30-22-40-36(18-32(30)14-28)34-16-24-6-2-4-8-26(24)20-38(34)42-40/h1-17,19-22,32H,18H2. The van der Waals surface area contributed by atoms with E-state index < -0.39 is 0 Å². The van der Waals surface area contributed by atoms with E-state index >= 15 is 0 Å². The van der Waals surface area contributed by atoms with Gasteiger partial charge in [-0.15, -0.1) is 22.7 Å². The normalized spacial score (nSPS) is 16.4. The molecule has 2 heteroatoms. The highest BCUT2D eigenvalue weighted by Gasteiger charge is 2.25. The molecule has 0 amide bonds. The molecule has 2 aliphatic rings. The van der Waals surface area contributed by atoms with Crippen molar-refractivity contribution in [1.29, 1.82) is 0 Å². The molecule has 1 atom stereocenters. The quantitative estimate of drug-likeness (QED) is 0.185. The van der Waals surface area contributed by atoms with Gasteiger partial charge >= 0.3 is 0 Å². The largest absolute Gasteiger partial charge is 0.136 e. The maximum atomic E-state index is 2.51. The summed E-state index contributed by atoms with van der Waals surface area (Å²) in [6.07, 6.45) is 10.7. The van der Waals surface area contributed by atoms with Crippen molar-refractivity contribution in [3.63, 3.8) is 0 Å². The Labute approximate surface area is 251 Å². The molecular formula is C40H24S2. The first-order valence-electron chi connectivity index (χ1n) is 14.6. The summed E-state index contributed by atoms with van der Waals surface area (Å²) >= 11 is 3.85. The summed E-state index contributed by atoms with van der Waals surface area (Å²) in [7, 11) is 0. The average molecular weight is 569 g/mol. The highest BCUT2D eigenvalue weighted by atomic mass is 32.1. The zero-order chi connectivity index (χ0) is 27.4. The molecule has 0 spiro atoms. The smallest absolute Gasteiger partial charge is 0.0361 e. The highest BCUT2D eigenvalue weighted by Crippen LogP contribution is 2.44. The molecule has 0 nitrogen and oxygen atoms in total. The minimum Gasteiger partial charge on any atom is -0.136 e. The van der Waals surface area contributed by atoms with E-state index in [1.165, 1.54) is 89.7 Å². The van der Waals surface area contributed by atoms with Gasteiger partial charge in [0.2, 0.25) is 0 Å². The summed E-state index contributed by atoms with van der Waals surface area (Å²) in [5.74, 6) is 0.411. The summed E-state index contributed by atoms with van der Waals surface area (Å²) in [5, 5.41) is 12.0. The SMILES string of the molecule is C1=CC2=Cc3sc4cc5ccccc5cc4c3CC2C=C1c1ccc2cc3sc4cc5ccccc5cc4c3cc2c1. The number of hydrogen-bond donors (Lipinski definition) is 0. The van der Waals surface area contributed by atoms with Crippen molar-refractivity contribution < 1.29 is 0 Å². The van der Waals surface area contributed by atoms with Crippen LogP contribution in [0, 0.1) is 5.92 Å². The maximum absolute atomic E-state index is 2.51. The van der Waals surface area contributed by atoms with Gasteiger partial charge < -0.3 is 0 Å². The average Bonchev–Trinajstić information content (AvgIpc) is 3.55. The molecule has 0 saturated heterocycles. The van der Waals surface area contributed by atoms with Crippen molar-refractivity contribution >= 4 is 96.9 Å². The van der Waals surface area contributed by atoms with Crippen LogP contribution < -0.4 is 0 Å². The number of fused-ring (bicyclic) bond motifs is 10. The molecule has 0 radical (unpaired) electrons. The van der Waals surface area contributed by atoms with Crippen molar-refractivity contribution in [2.75, 3.05) is 0 Å². The van der Waals surface area contributed by atoms with Crippen LogP contribution in [-0.2, 0) is 6.42 Å². The summed E-state index contributed by atoms with van der Waals surface area (Å²) in [6.45, 7) is 0. The minimum absolute atomic E-state index is 0.411. The molecule has 6 aromatic carbocycles. The van der Waals surface area contributed by atoms with Crippen LogP contribution in [0.2, 0.25) is 0 Å². The van der Waals surface area contributed by atoms with Gasteiger partial charge in [0.25, 0.3) is 0 Å². The third kappa shape index (κ3) is 3.40. The van der Waals surface area contributed by atoms with E-state index in [0.29, 0.717) is 5.92 Å². The zero-order valence-electron chi connectivity index (χ0n) is 22.7. The van der Waals surface area contributed by atoms with Crippen molar-refractivity contribution in [2.45, 2.75) is 6.42 Å². The molecule has 196 valence electrons. The lowest BCUT2D eigenvalue weighted by Crippen LogP contribution is -2.11. The van der Waals surface area contributed by atoms with E-state index in [1.54, 1.807) is 0 Å². The van der Waals surface area contributed by atoms with E-state index in [9.17, 15) is 0 Å². The van der Waals surface area contributed by atoms with Gasteiger partial charge in [0.1, 0.15) is 0 Å². The van der Waals surface area contributed by atoms with Gasteiger partial charge in [-0.1, -0.05) is 78.9 Å². The second-order valence-electron chi connectivity index (χ2n) is 11.8. The predicted molar refractivity (Wildman–Crippen MR) is 186 cm³/mol. The Bertz CT molecular complexity index is 2550. The van der Waals surface area contributed by atoms with Crippen LogP contribution in [0.15, 0.2) is 127 Å². The van der Waals surface area contributed by atoms with E-state index in [-0.39, 0.29) is 0 Å². The number of hydrogen-bond acceptors (Lipinski definition) is 2. The number of rotatable bonds is 1. The summed E-state index contributed by atoms with van der Waals surface area (Å²) in [6, 6.07) is 38.7. The van der Waals surface area contributed by atoms with Gasteiger partial charge in [0.15, 0.2) is 0 Å². The Hall–Kier alpha value is -4.50. The molecule has 10 rings (SSSR count). The lowest BCUT2D eigenvalue weighted by atomic mass is 9.80. The number of benzene rings is 6. The highest BCUT2D eigenvalue weighted by molar-refractivity contribution is 7.26. The van der Waals surface area contributed by atoms with Crippen LogP contribution in [-0.4, -0.2) is 0 Å². The third-order valence-electron chi connectivity index (χ3n) is 9.31. The maximum Gasteiger partial charge on any atom is 0.0361 e. The monoisotopic (exact) mass is 568 g/mol. The van der Waals surface area contributed by atoms with E-state index in [1.807, 2.05) is 22.7 Å². The Balaban J connectivity index is 1.06. The lowest BCUT2D eigenvalue weighted by molar-refractivity contribution is 0.769. The molecule has 8 aromatic rings. The van der Waals surface area contributed by atoms with Gasteiger partial charge in [0, 0.05) is 35.7 Å². The Morgan fingerprint density at radius 3 is 1.83 bits per heavy atom. The lowest BCUT2D eigenvalue weighted by Gasteiger charge is -2.24. The zero-order valence-corrected chi connectivity index (χ0v) is 24.4. The molecule has 1 unspecified atom stereocenters. The topological polar surface area (TPSA) is 0 Å². The predicted octanol–water partition coefficient (Wildman–Crippen LogP) is 11.9. The molecule has 0 saturated carbocycles. The molecule has 0 aliphatic heterocycles. The van der Waals surface area contributed by atoms with Crippen LogP contribution in [0.1, 0.15) is 16.0 Å².